The molecule has 82 valence electrons. The van der Waals surface area contributed by atoms with Gasteiger partial charge >= 0.3 is 5.97 Å². The van der Waals surface area contributed by atoms with Crippen molar-refractivity contribution < 1.29 is 9.53 Å². The van der Waals surface area contributed by atoms with E-state index < -0.39 is 12.0 Å². The molecule has 0 bridgehead atoms. The highest BCUT2D eigenvalue weighted by molar-refractivity contribution is 6.43. The smallest absolute Gasteiger partial charge is 0.327 e. The number of hydrogen-bond acceptors (Lipinski definition) is 4. The number of carbonyl (C=O) groups excluding carboxylic acids is 1. The normalized spacial score (nSPS) is 12.3. The van der Waals surface area contributed by atoms with Crippen LogP contribution in [0.2, 0.25) is 15.2 Å². The number of hydrogen-bond donors (Lipinski definition) is 1. The first kappa shape index (κ1) is 12.5. The van der Waals surface area contributed by atoms with Crippen molar-refractivity contribution in [2.75, 3.05) is 7.11 Å². The van der Waals surface area contributed by atoms with Crippen LogP contribution in [0.25, 0.3) is 0 Å². The molecule has 0 spiro atoms. The fraction of sp³-hybridized carbons (Fsp3) is 0.250. The zero-order valence-corrected chi connectivity index (χ0v) is 9.90. The first-order valence-corrected chi connectivity index (χ1v) is 4.95. The molecule has 1 rings (SSSR count). The van der Waals surface area contributed by atoms with E-state index in [4.69, 9.17) is 40.5 Å². The number of methoxy groups -OCH3 is 1. The summed E-state index contributed by atoms with van der Waals surface area (Å²) in [7, 11) is 1.22. The van der Waals surface area contributed by atoms with Crippen LogP contribution in [0, 0.1) is 0 Å². The molecule has 1 aromatic rings. The van der Waals surface area contributed by atoms with E-state index in [1.807, 2.05) is 0 Å². The van der Waals surface area contributed by atoms with E-state index in [1.165, 1.54) is 13.3 Å². The first-order valence-electron chi connectivity index (χ1n) is 3.81. The lowest BCUT2D eigenvalue weighted by Crippen LogP contribution is -2.23. The second kappa shape index (κ2) is 4.99. The highest BCUT2D eigenvalue weighted by Gasteiger charge is 2.24. The maximum Gasteiger partial charge on any atom is 0.327 e. The van der Waals surface area contributed by atoms with Crippen LogP contribution in [0.3, 0.4) is 0 Å². The van der Waals surface area contributed by atoms with Gasteiger partial charge < -0.3 is 10.5 Å². The third kappa shape index (κ3) is 2.52. The maximum absolute atomic E-state index is 11.2. The standard InChI is InChI=1S/C8H7Cl3N2O2/c1-15-8(14)6(12)4-3(9)2-13-7(11)5(4)10/h2,6H,12H2,1H3/t6-/m1/s1. The maximum atomic E-state index is 11.2. The lowest BCUT2D eigenvalue weighted by atomic mass is 10.1. The zero-order chi connectivity index (χ0) is 11.6. The van der Waals surface area contributed by atoms with E-state index in [2.05, 4.69) is 9.72 Å². The number of aromatic nitrogens is 1. The Morgan fingerprint density at radius 3 is 2.67 bits per heavy atom. The van der Waals surface area contributed by atoms with Gasteiger partial charge in [-0.25, -0.2) is 4.98 Å². The molecule has 1 aromatic heterocycles. The average molecular weight is 270 g/mol. The van der Waals surface area contributed by atoms with Crippen molar-refractivity contribution in [3.8, 4) is 0 Å². The van der Waals surface area contributed by atoms with Crippen LogP contribution in [-0.2, 0) is 9.53 Å². The molecule has 0 saturated carbocycles. The molecule has 2 N–H and O–H groups in total. The lowest BCUT2D eigenvalue weighted by molar-refractivity contribution is -0.142. The molecular weight excluding hydrogens is 262 g/mol. The summed E-state index contributed by atoms with van der Waals surface area (Å²) >= 11 is 17.3. The molecule has 0 saturated heterocycles. The summed E-state index contributed by atoms with van der Waals surface area (Å²) in [6, 6.07) is -1.07. The Balaban J connectivity index is 3.24. The van der Waals surface area contributed by atoms with Crippen LogP contribution in [0.1, 0.15) is 11.6 Å². The van der Waals surface area contributed by atoms with Crippen molar-refractivity contribution in [3.05, 3.63) is 27.0 Å². The molecule has 0 fully saturated rings. The Morgan fingerprint density at radius 2 is 2.13 bits per heavy atom. The van der Waals surface area contributed by atoms with Gasteiger partial charge in [0, 0.05) is 11.8 Å². The van der Waals surface area contributed by atoms with Crippen LogP contribution < -0.4 is 5.73 Å². The fourth-order valence-electron chi connectivity index (χ4n) is 0.985. The average Bonchev–Trinajstić information content (AvgIpc) is 2.22. The van der Waals surface area contributed by atoms with Gasteiger partial charge in [0.1, 0.15) is 11.2 Å². The summed E-state index contributed by atoms with van der Waals surface area (Å²) in [4.78, 5) is 14.9. The number of esters is 1. The van der Waals surface area contributed by atoms with Crippen molar-refractivity contribution in [1.29, 1.82) is 0 Å². The van der Waals surface area contributed by atoms with E-state index in [-0.39, 0.29) is 20.8 Å². The van der Waals surface area contributed by atoms with Crippen LogP contribution in [0.4, 0.5) is 0 Å². The summed E-state index contributed by atoms with van der Waals surface area (Å²) in [5.74, 6) is -0.652. The van der Waals surface area contributed by atoms with Crippen molar-refractivity contribution in [3.63, 3.8) is 0 Å². The molecule has 1 heterocycles. The van der Waals surface area contributed by atoms with Gasteiger partial charge in [-0.15, -0.1) is 0 Å². The summed E-state index contributed by atoms with van der Waals surface area (Å²) < 4.78 is 4.47. The Kier molecular flexibility index (Phi) is 4.16. The number of pyridine rings is 1. The van der Waals surface area contributed by atoms with Crippen molar-refractivity contribution in [2.45, 2.75) is 6.04 Å². The Labute approximate surface area is 101 Å². The molecule has 4 nitrogen and oxygen atoms in total. The predicted octanol–water partition coefficient (Wildman–Crippen LogP) is 2.21. The molecule has 0 radical (unpaired) electrons. The predicted molar refractivity (Wildman–Crippen MR) is 58.2 cm³/mol. The van der Waals surface area contributed by atoms with Gasteiger partial charge in [-0.1, -0.05) is 34.8 Å². The molecule has 0 unspecified atom stereocenters. The van der Waals surface area contributed by atoms with E-state index in [1.54, 1.807) is 0 Å². The largest absolute Gasteiger partial charge is 0.468 e. The quantitative estimate of drug-likeness (QED) is 0.660. The van der Waals surface area contributed by atoms with Crippen LogP contribution in [0.15, 0.2) is 6.20 Å². The number of nitrogens with two attached hydrogens (primary N) is 1. The summed E-state index contributed by atoms with van der Waals surface area (Å²) in [6.07, 6.45) is 1.27. The van der Waals surface area contributed by atoms with Crippen molar-refractivity contribution in [1.82, 2.24) is 4.98 Å². The number of carbonyl (C=O) groups is 1. The number of halogens is 3. The van der Waals surface area contributed by atoms with E-state index in [9.17, 15) is 4.79 Å². The molecular formula is C8H7Cl3N2O2. The van der Waals surface area contributed by atoms with Gasteiger partial charge in [0.15, 0.2) is 0 Å². The van der Waals surface area contributed by atoms with E-state index in [0.29, 0.717) is 0 Å². The molecule has 0 aromatic carbocycles. The van der Waals surface area contributed by atoms with Gasteiger partial charge in [-0.3, -0.25) is 4.79 Å². The zero-order valence-electron chi connectivity index (χ0n) is 7.63. The second-order valence-corrected chi connectivity index (χ2v) is 3.77. The minimum absolute atomic E-state index is 0.0374. The Hall–Kier alpha value is -0.550. The summed E-state index contributed by atoms with van der Waals surface area (Å²) in [5.41, 5.74) is 5.80. The van der Waals surface area contributed by atoms with Crippen molar-refractivity contribution >= 4 is 40.8 Å². The highest BCUT2D eigenvalue weighted by Crippen LogP contribution is 2.33. The molecule has 0 amide bonds. The molecule has 0 aliphatic rings. The SMILES string of the molecule is COC(=O)[C@H](N)c1c(Cl)cnc(Cl)c1Cl. The lowest BCUT2D eigenvalue weighted by Gasteiger charge is -2.13. The fourth-order valence-corrected chi connectivity index (χ4v) is 1.71. The molecule has 1 atom stereocenters. The van der Waals surface area contributed by atoms with E-state index >= 15 is 0 Å². The van der Waals surface area contributed by atoms with Gasteiger partial charge in [0.25, 0.3) is 0 Å². The second-order valence-electron chi connectivity index (χ2n) is 2.63. The minimum atomic E-state index is -1.07. The monoisotopic (exact) mass is 268 g/mol. The number of nitrogens with zero attached hydrogens (tertiary/aromatic N) is 1. The van der Waals surface area contributed by atoms with Crippen molar-refractivity contribution in [2.24, 2.45) is 5.73 Å². The van der Waals surface area contributed by atoms with E-state index in [0.717, 1.165) is 0 Å². The van der Waals surface area contributed by atoms with Gasteiger partial charge in [0.05, 0.1) is 17.2 Å². The number of ether oxygens (including phenoxy) is 1. The molecule has 15 heavy (non-hydrogen) atoms. The Morgan fingerprint density at radius 1 is 1.53 bits per heavy atom. The Bertz CT molecular complexity index is 398. The van der Waals surface area contributed by atoms with Crippen LogP contribution in [0.5, 0.6) is 0 Å². The third-order valence-electron chi connectivity index (χ3n) is 1.73. The minimum Gasteiger partial charge on any atom is -0.468 e. The highest BCUT2D eigenvalue weighted by atomic mass is 35.5. The molecule has 0 aliphatic carbocycles. The van der Waals surface area contributed by atoms with Gasteiger partial charge in [-0.05, 0) is 0 Å². The first-order chi connectivity index (χ1) is 6.99. The van der Waals surface area contributed by atoms with Gasteiger partial charge in [0.2, 0.25) is 0 Å². The summed E-state index contributed by atoms with van der Waals surface area (Å²) in [5, 5.41) is 0.264. The number of rotatable bonds is 2. The topological polar surface area (TPSA) is 65.2 Å². The molecule has 0 aliphatic heterocycles. The van der Waals surface area contributed by atoms with Gasteiger partial charge in [-0.2, -0.15) is 0 Å². The van der Waals surface area contributed by atoms with Crippen LogP contribution in [-0.4, -0.2) is 18.1 Å². The third-order valence-corrected chi connectivity index (χ3v) is 2.80. The summed E-state index contributed by atoms with van der Waals surface area (Å²) in [6.45, 7) is 0. The molecule has 7 heteroatoms. The van der Waals surface area contributed by atoms with Crippen LogP contribution >= 0.6 is 34.8 Å².